The molecule has 2 N–H and O–H groups in total. The number of nitrogens with two attached hydrogens (primary N) is 1. The van der Waals surface area contributed by atoms with Crippen molar-refractivity contribution in [3.05, 3.63) is 5.82 Å². The minimum atomic E-state index is 0.476. The third-order valence-corrected chi connectivity index (χ3v) is 1.62. The zero-order valence-corrected chi connectivity index (χ0v) is 7.78. The first-order chi connectivity index (χ1) is 5.59. The molecule has 0 bridgehead atoms. The third-order valence-electron chi connectivity index (χ3n) is 1.62. The fourth-order valence-electron chi connectivity index (χ4n) is 0.881. The van der Waals surface area contributed by atoms with Gasteiger partial charge in [-0.3, -0.25) is 0 Å². The second-order valence-electron chi connectivity index (χ2n) is 3.06. The van der Waals surface area contributed by atoms with Gasteiger partial charge in [0.25, 0.3) is 0 Å². The number of aryl methyl sites for hydroxylation is 1. The lowest BCUT2D eigenvalue weighted by molar-refractivity contribution is 0.409. The number of hydrogen-bond acceptors (Lipinski definition) is 4. The summed E-state index contributed by atoms with van der Waals surface area (Å²) >= 11 is 0. The van der Waals surface area contributed by atoms with Crippen molar-refractivity contribution >= 4 is 5.95 Å². The smallest absolute Gasteiger partial charge is 0.218 e. The number of anilines is 1. The summed E-state index contributed by atoms with van der Waals surface area (Å²) in [4.78, 5) is 6.17. The number of nitrogens with zero attached hydrogens (tertiary/aromatic N) is 4. The molecule has 0 aliphatic rings. The standard InChI is InChI=1S/C7H15N5/c1-11(2)5-4-6-9-7(8)12(3)10-6/h4-5H2,1-3H3,(H2,8,9,10). The average Bonchev–Trinajstić information content (AvgIpc) is 2.28. The highest BCUT2D eigenvalue weighted by Crippen LogP contribution is 1.98. The minimum Gasteiger partial charge on any atom is -0.368 e. The highest BCUT2D eigenvalue weighted by molar-refractivity contribution is 5.15. The lowest BCUT2D eigenvalue weighted by Crippen LogP contribution is -2.15. The number of hydrogen-bond donors (Lipinski definition) is 1. The van der Waals surface area contributed by atoms with Crippen molar-refractivity contribution < 1.29 is 0 Å². The van der Waals surface area contributed by atoms with Crippen molar-refractivity contribution in [3.63, 3.8) is 0 Å². The molecule has 0 aliphatic carbocycles. The van der Waals surface area contributed by atoms with Gasteiger partial charge in [-0.25, -0.2) is 4.68 Å². The van der Waals surface area contributed by atoms with E-state index in [0.717, 1.165) is 18.8 Å². The minimum absolute atomic E-state index is 0.476. The molecule has 0 aromatic carbocycles. The van der Waals surface area contributed by atoms with Crippen LogP contribution in [0.2, 0.25) is 0 Å². The van der Waals surface area contributed by atoms with Gasteiger partial charge in [-0.2, -0.15) is 10.1 Å². The molecule has 0 aliphatic heterocycles. The Morgan fingerprint density at radius 3 is 2.58 bits per heavy atom. The van der Waals surface area contributed by atoms with Gasteiger partial charge >= 0.3 is 0 Å². The summed E-state index contributed by atoms with van der Waals surface area (Å²) in [5, 5.41) is 4.14. The molecule has 1 rings (SSSR count). The Balaban J connectivity index is 2.53. The fraction of sp³-hybridized carbons (Fsp3) is 0.714. The molecular weight excluding hydrogens is 154 g/mol. The van der Waals surface area contributed by atoms with E-state index < -0.39 is 0 Å². The summed E-state index contributed by atoms with van der Waals surface area (Å²) in [6.07, 6.45) is 0.845. The summed E-state index contributed by atoms with van der Waals surface area (Å²) in [5.41, 5.74) is 5.52. The maximum atomic E-state index is 5.52. The number of nitrogen functional groups attached to an aromatic ring is 1. The van der Waals surface area contributed by atoms with Crippen LogP contribution in [0.3, 0.4) is 0 Å². The first kappa shape index (κ1) is 8.99. The van der Waals surface area contributed by atoms with E-state index in [1.54, 1.807) is 11.7 Å². The van der Waals surface area contributed by atoms with Gasteiger partial charge < -0.3 is 10.6 Å². The Kier molecular flexibility index (Phi) is 2.65. The zero-order valence-electron chi connectivity index (χ0n) is 7.78. The summed E-state index contributed by atoms with van der Waals surface area (Å²) < 4.78 is 1.59. The SMILES string of the molecule is CN(C)CCc1nc(N)n(C)n1. The molecule has 5 heteroatoms. The van der Waals surface area contributed by atoms with Crippen LogP contribution in [-0.2, 0) is 13.5 Å². The van der Waals surface area contributed by atoms with E-state index in [4.69, 9.17) is 5.73 Å². The Bertz CT molecular complexity index is 233. The van der Waals surface area contributed by atoms with Gasteiger partial charge in [-0.1, -0.05) is 0 Å². The van der Waals surface area contributed by atoms with Crippen LogP contribution in [0.15, 0.2) is 0 Å². The number of aromatic nitrogens is 3. The van der Waals surface area contributed by atoms with Gasteiger partial charge in [0.2, 0.25) is 5.95 Å². The molecule has 0 spiro atoms. The van der Waals surface area contributed by atoms with E-state index in [1.807, 2.05) is 14.1 Å². The lowest BCUT2D eigenvalue weighted by Gasteiger charge is -2.05. The normalized spacial score (nSPS) is 11.0. The first-order valence-corrected chi connectivity index (χ1v) is 3.89. The van der Waals surface area contributed by atoms with Crippen molar-refractivity contribution in [2.75, 3.05) is 26.4 Å². The van der Waals surface area contributed by atoms with Gasteiger partial charge in [0.1, 0.15) is 0 Å². The van der Waals surface area contributed by atoms with Crippen molar-refractivity contribution in [1.29, 1.82) is 0 Å². The topological polar surface area (TPSA) is 60.0 Å². The van der Waals surface area contributed by atoms with E-state index in [2.05, 4.69) is 15.0 Å². The van der Waals surface area contributed by atoms with Crippen LogP contribution in [0, 0.1) is 0 Å². The maximum absolute atomic E-state index is 5.52. The van der Waals surface area contributed by atoms with Gasteiger partial charge in [-0.15, -0.1) is 0 Å². The molecule has 68 valence electrons. The third kappa shape index (κ3) is 2.20. The highest BCUT2D eigenvalue weighted by atomic mass is 15.4. The molecule has 0 saturated carbocycles. The predicted molar refractivity (Wildman–Crippen MR) is 47.7 cm³/mol. The van der Waals surface area contributed by atoms with Crippen LogP contribution in [0.25, 0.3) is 0 Å². The molecule has 1 aromatic heterocycles. The average molecular weight is 169 g/mol. The monoisotopic (exact) mass is 169 g/mol. The van der Waals surface area contributed by atoms with Crippen LogP contribution in [-0.4, -0.2) is 40.3 Å². The molecule has 0 fully saturated rings. The summed E-state index contributed by atoms with van der Waals surface area (Å²) in [6.45, 7) is 0.948. The van der Waals surface area contributed by atoms with E-state index >= 15 is 0 Å². The van der Waals surface area contributed by atoms with E-state index in [-0.39, 0.29) is 0 Å². The molecule has 0 amide bonds. The Morgan fingerprint density at radius 2 is 2.17 bits per heavy atom. The summed E-state index contributed by atoms with van der Waals surface area (Å²) in [5.74, 6) is 1.28. The zero-order chi connectivity index (χ0) is 9.14. The molecule has 0 saturated heterocycles. The van der Waals surface area contributed by atoms with Gasteiger partial charge in [0, 0.05) is 20.0 Å². The molecule has 0 radical (unpaired) electrons. The molecule has 5 nitrogen and oxygen atoms in total. The number of likely N-dealkylation sites (N-methyl/N-ethyl adjacent to an activating group) is 1. The summed E-state index contributed by atoms with van der Waals surface area (Å²) in [7, 11) is 5.83. The van der Waals surface area contributed by atoms with Crippen LogP contribution >= 0.6 is 0 Å². The van der Waals surface area contributed by atoms with Crippen LogP contribution in [0.5, 0.6) is 0 Å². The largest absolute Gasteiger partial charge is 0.368 e. The van der Waals surface area contributed by atoms with Crippen LogP contribution in [0.1, 0.15) is 5.82 Å². The predicted octanol–water partition coefficient (Wildman–Crippen LogP) is -0.499. The van der Waals surface area contributed by atoms with E-state index in [9.17, 15) is 0 Å². The fourth-order valence-corrected chi connectivity index (χ4v) is 0.881. The van der Waals surface area contributed by atoms with Gasteiger partial charge in [-0.05, 0) is 14.1 Å². The quantitative estimate of drug-likeness (QED) is 0.662. The molecular formula is C7H15N5. The second kappa shape index (κ2) is 3.53. The first-order valence-electron chi connectivity index (χ1n) is 3.89. The Labute approximate surface area is 72.2 Å². The Morgan fingerprint density at radius 1 is 1.50 bits per heavy atom. The molecule has 1 aromatic rings. The lowest BCUT2D eigenvalue weighted by atomic mass is 10.4. The highest BCUT2D eigenvalue weighted by Gasteiger charge is 2.03. The molecule has 1 heterocycles. The Hall–Kier alpha value is -1.10. The van der Waals surface area contributed by atoms with Crippen LogP contribution in [0.4, 0.5) is 5.95 Å². The van der Waals surface area contributed by atoms with Crippen molar-refractivity contribution in [2.24, 2.45) is 7.05 Å². The van der Waals surface area contributed by atoms with Gasteiger partial charge in [0.15, 0.2) is 5.82 Å². The van der Waals surface area contributed by atoms with Gasteiger partial charge in [0.05, 0.1) is 0 Å². The second-order valence-corrected chi connectivity index (χ2v) is 3.06. The van der Waals surface area contributed by atoms with Crippen molar-refractivity contribution in [2.45, 2.75) is 6.42 Å². The molecule has 0 unspecified atom stereocenters. The maximum Gasteiger partial charge on any atom is 0.218 e. The van der Waals surface area contributed by atoms with E-state index in [0.29, 0.717) is 5.95 Å². The number of rotatable bonds is 3. The molecule has 0 atom stereocenters. The van der Waals surface area contributed by atoms with Crippen LogP contribution < -0.4 is 5.73 Å². The van der Waals surface area contributed by atoms with Crippen molar-refractivity contribution in [3.8, 4) is 0 Å². The van der Waals surface area contributed by atoms with E-state index in [1.165, 1.54) is 0 Å². The molecule has 12 heavy (non-hydrogen) atoms. The van der Waals surface area contributed by atoms with Crippen molar-refractivity contribution in [1.82, 2.24) is 19.7 Å². The summed E-state index contributed by atoms with van der Waals surface area (Å²) in [6, 6.07) is 0.